The number of ether oxygens (including phenoxy) is 2. The van der Waals surface area contributed by atoms with E-state index in [9.17, 15) is 5.11 Å². The molecule has 1 fully saturated rings. The summed E-state index contributed by atoms with van der Waals surface area (Å²) < 4.78 is 11.5. The summed E-state index contributed by atoms with van der Waals surface area (Å²) in [5.74, 6) is 1.61. The molecule has 3 rings (SSSR count). The minimum Gasteiger partial charge on any atom is -0.486 e. The van der Waals surface area contributed by atoms with E-state index < -0.39 is 0 Å². The van der Waals surface area contributed by atoms with Crippen LogP contribution in [0.3, 0.4) is 0 Å². The fourth-order valence-corrected chi connectivity index (χ4v) is 2.06. The third-order valence-corrected chi connectivity index (χ3v) is 3.40. The second-order valence-corrected chi connectivity index (χ2v) is 4.38. The van der Waals surface area contributed by atoms with Gasteiger partial charge >= 0.3 is 0 Å². The highest BCUT2D eigenvalue weighted by Crippen LogP contribution is 2.51. The van der Waals surface area contributed by atoms with Crippen LogP contribution in [0.4, 0.5) is 0 Å². The number of benzene rings is 1. The number of para-hydroxylation sites is 2. The molecule has 1 aromatic rings. The Bertz CT molecular complexity index is 371. The first-order valence-corrected chi connectivity index (χ1v) is 5.33. The SMILES string of the molecule is OCC1(C2COc3ccccc3O2)CC1. The summed E-state index contributed by atoms with van der Waals surface area (Å²) in [7, 11) is 0. The van der Waals surface area contributed by atoms with Crippen LogP contribution in [0.25, 0.3) is 0 Å². The Morgan fingerprint density at radius 3 is 2.67 bits per heavy atom. The lowest BCUT2D eigenvalue weighted by molar-refractivity contribution is 0.0121. The van der Waals surface area contributed by atoms with Gasteiger partial charge in [0.2, 0.25) is 0 Å². The van der Waals surface area contributed by atoms with Gasteiger partial charge in [0.05, 0.1) is 6.61 Å². The van der Waals surface area contributed by atoms with Gasteiger partial charge in [0.25, 0.3) is 0 Å². The van der Waals surface area contributed by atoms with Crippen molar-refractivity contribution in [2.24, 2.45) is 5.41 Å². The Kier molecular flexibility index (Phi) is 1.89. The molecule has 3 heteroatoms. The van der Waals surface area contributed by atoms with E-state index in [4.69, 9.17) is 9.47 Å². The summed E-state index contributed by atoms with van der Waals surface area (Å²) in [4.78, 5) is 0. The zero-order chi connectivity index (χ0) is 10.3. The van der Waals surface area contributed by atoms with Gasteiger partial charge in [0.1, 0.15) is 12.7 Å². The summed E-state index contributed by atoms with van der Waals surface area (Å²) >= 11 is 0. The molecule has 80 valence electrons. The van der Waals surface area contributed by atoms with Crippen LogP contribution in [0.1, 0.15) is 12.8 Å². The number of fused-ring (bicyclic) bond motifs is 1. The minimum atomic E-state index is -0.0342. The van der Waals surface area contributed by atoms with Crippen molar-refractivity contribution < 1.29 is 14.6 Å². The summed E-state index contributed by atoms with van der Waals surface area (Å²) in [6.45, 7) is 0.751. The fraction of sp³-hybridized carbons (Fsp3) is 0.500. The Labute approximate surface area is 88.6 Å². The lowest BCUT2D eigenvalue weighted by atomic mass is 10.0. The van der Waals surface area contributed by atoms with Gasteiger partial charge in [-0.2, -0.15) is 0 Å². The average Bonchev–Trinajstić information content (AvgIpc) is 3.09. The maximum Gasteiger partial charge on any atom is 0.161 e. The second-order valence-electron chi connectivity index (χ2n) is 4.38. The van der Waals surface area contributed by atoms with Crippen LogP contribution < -0.4 is 9.47 Å². The predicted molar refractivity (Wildman–Crippen MR) is 55.1 cm³/mol. The normalized spacial score (nSPS) is 26.1. The molecular formula is C12H14O3. The van der Waals surface area contributed by atoms with Gasteiger partial charge < -0.3 is 14.6 Å². The van der Waals surface area contributed by atoms with Crippen LogP contribution in [0.15, 0.2) is 24.3 Å². The van der Waals surface area contributed by atoms with Crippen LogP contribution in [0.5, 0.6) is 11.5 Å². The van der Waals surface area contributed by atoms with Crippen LogP contribution in [-0.2, 0) is 0 Å². The van der Waals surface area contributed by atoms with Crippen molar-refractivity contribution in [3.05, 3.63) is 24.3 Å². The molecule has 0 aromatic heterocycles. The molecule has 0 amide bonds. The number of aliphatic hydroxyl groups is 1. The Balaban J connectivity index is 1.83. The zero-order valence-corrected chi connectivity index (χ0v) is 8.48. The number of aliphatic hydroxyl groups excluding tert-OH is 1. The first-order valence-electron chi connectivity index (χ1n) is 5.33. The molecule has 1 heterocycles. The van der Waals surface area contributed by atoms with Crippen molar-refractivity contribution in [3.63, 3.8) is 0 Å². The van der Waals surface area contributed by atoms with E-state index in [0.717, 1.165) is 24.3 Å². The average molecular weight is 206 g/mol. The summed E-state index contributed by atoms with van der Waals surface area (Å²) in [6.07, 6.45) is 2.09. The van der Waals surface area contributed by atoms with E-state index in [0.29, 0.717) is 6.61 Å². The van der Waals surface area contributed by atoms with Crippen LogP contribution in [0.2, 0.25) is 0 Å². The molecule has 0 spiro atoms. The highest BCUT2D eigenvalue weighted by Gasteiger charge is 2.52. The van der Waals surface area contributed by atoms with E-state index in [1.54, 1.807) is 0 Å². The van der Waals surface area contributed by atoms with Crippen LogP contribution >= 0.6 is 0 Å². The van der Waals surface area contributed by atoms with Crippen molar-refractivity contribution in [1.82, 2.24) is 0 Å². The lowest BCUT2D eigenvalue weighted by Gasteiger charge is -2.31. The standard InChI is InChI=1S/C12H14O3/c13-8-12(5-6-12)11-7-14-9-3-1-2-4-10(9)15-11/h1-4,11,13H,5-8H2. The molecule has 0 radical (unpaired) electrons. The highest BCUT2D eigenvalue weighted by atomic mass is 16.6. The Morgan fingerprint density at radius 1 is 1.27 bits per heavy atom. The molecule has 0 bridgehead atoms. The van der Waals surface area contributed by atoms with Crippen molar-refractivity contribution in [3.8, 4) is 11.5 Å². The molecule has 1 aromatic carbocycles. The first-order chi connectivity index (χ1) is 7.34. The molecule has 3 nitrogen and oxygen atoms in total. The number of hydrogen-bond donors (Lipinski definition) is 1. The maximum atomic E-state index is 9.32. The van der Waals surface area contributed by atoms with Crippen LogP contribution in [0, 0.1) is 5.41 Å². The fourth-order valence-electron chi connectivity index (χ4n) is 2.06. The van der Waals surface area contributed by atoms with Gasteiger partial charge in [-0.05, 0) is 25.0 Å². The van der Waals surface area contributed by atoms with Gasteiger partial charge in [-0.25, -0.2) is 0 Å². The molecule has 2 aliphatic rings. The number of rotatable bonds is 2. The second kappa shape index (κ2) is 3.14. The van der Waals surface area contributed by atoms with Gasteiger partial charge in [0, 0.05) is 5.41 Å². The molecule has 1 aliphatic carbocycles. The molecular weight excluding hydrogens is 192 g/mol. The van der Waals surface area contributed by atoms with Crippen LogP contribution in [-0.4, -0.2) is 24.4 Å². The van der Waals surface area contributed by atoms with Gasteiger partial charge in [-0.15, -0.1) is 0 Å². The molecule has 1 saturated carbocycles. The quantitative estimate of drug-likeness (QED) is 0.798. The Morgan fingerprint density at radius 2 is 2.00 bits per heavy atom. The molecule has 0 saturated heterocycles. The van der Waals surface area contributed by atoms with Crippen molar-refractivity contribution in [2.45, 2.75) is 18.9 Å². The maximum absolute atomic E-state index is 9.32. The third kappa shape index (κ3) is 1.38. The topological polar surface area (TPSA) is 38.7 Å². The Hall–Kier alpha value is -1.22. The number of hydrogen-bond acceptors (Lipinski definition) is 3. The molecule has 15 heavy (non-hydrogen) atoms. The predicted octanol–water partition coefficient (Wildman–Crippen LogP) is 1.60. The monoisotopic (exact) mass is 206 g/mol. The van der Waals surface area contributed by atoms with E-state index in [-0.39, 0.29) is 18.1 Å². The highest BCUT2D eigenvalue weighted by molar-refractivity contribution is 5.41. The third-order valence-electron chi connectivity index (χ3n) is 3.40. The van der Waals surface area contributed by atoms with Gasteiger partial charge in [-0.1, -0.05) is 12.1 Å². The van der Waals surface area contributed by atoms with E-state index in [2.05, 4.69) is 0 Å². The van der Waals surface area contributed by atoms with E-state index in [1.807, 2.05) is 24.3 Å². The zero-order valence-electron chi connectivity index (χ0n) is 8.48. The smallest absolute Gasteiger partial charge is 0.161 e. The summed E-state index contributed by atoms with van der Waals surface area (Å²) in [5, 5.41) is 9.32. The molecule has 1 unspecified atom stereocenters. The lowest BCUT2D eigenvalue weighted by Crippen LogP contribution is -2.39. The van der Waals surface area contributed by atoms with E-state index in [1.165, 1.54) is 0 Å². The van der Waals surface area contributed by atoms with Gasteiger partial charge in [-0.3, -0.25) is 0 Å². The summed E-state index contributed by atoms with van der Waals surface area (Å²) in [5.41, 5.74) is -0.0342. The van der Waals surface area contributed by atoms with Crippen molar-refractivity contribution in [2.75, 3.05) is 13.2 Å². The minimum absolute atomic E-state index is 0.0115. The molecule has 1 aliphatic heterocycles. The van der Waals surface area contributed by atoms with Gasteiger partial charge in [0.15, 0.2) is 11.5 Å². The molecule has 1 N–H and O–H groups in total. The van der Waals surface area contributed by atoms with Crippen molar-refractivity contribution in [1.29, 1.82) is 0 Å². The van der Waals surface area contributed by atoms with Crippen molar-refractivity contribution >= 4 is 0 Å². The summed E-state index contributed by atoms with van der Waals surface area (Å²) in [6, 6.07) is 7.68. The first kappa shape index (κ1) is 9.04. The largest absolute Gasteiger partial charge is 0.486 e. The van der Waals surface area contributed by atoms with E-state index >= 15 is 0 Å². The molecule has 1 atom stereocenters.